The van der Waals surface area contributed by atoms with Crippen molar-refractivity contribution in [2.75, 3.05) is 13.7 Å². The molecule has 21 heavy (non-hydrogen) atoms. The maximum atomic E-state index is 13.6. The Bertz CT molecular complexity index is 674. The van der Waals surface area contributed by atoms with Gasteiger partial charge in [0.05, 0.1) is 12.7 Å². The van der Waals surface area contributed by atoms with E-state index in [4.69, 9.17) is 9.47 Å². The van der Waals surface area contributed by atoms with Gasteiger partial charge in [0.1, 0.15) is 11.6 Å². The molecule has 0 spiro atoms. The van der Waals surface area contributed by atoms with E-state index in [0.717, 1.165) is 6.07 Å². The van der Waals surface area contributed by atoms with Crippen LogP contribution in [0.3, 0.4) is 0 Å². The first-order valence-corrected chi connectivity index (χ1v) is 6.75. The molecule has 0 radical (unpaired) electrons. The summed E-state index contributed by atoms with van der Waals surface area (Å²) in [4.78, 5) is 12.0. The monoisotopic (exact) mass is 356 g/mol. The molecule has 0 saturated heterocycles. The quantitative estimate of drug-likeness (QED) is 0.759. The molecule has 0 fully saturated rings. The van der Waals surface area contributed by atoms with Crippen molar-refractivity contribution in [1.82, 2.24) is 0 Å². The molecule has 110 valence electrons. The number of carbonyl (C=O) groups is 1. The normalized spacial score (nSPS) is 10.3. The van der Waals surface area contributed by atoms with Gasteiger partial charge in [-0.3, -0.25) is 4.79 Å². The second kappa shape index (κ2) is 6.67. The molecule has 2 rings (SSSR count). The summed E-state index contributed by atoms with van der Waals surface area (Å²) >= 11 is 3.12. The van der Waals surface area contributed by atoms with E-state index in [0.29, 0.717) is 4.47 Å². The molecule has 0 bridgehead atoms. The Morgan fingerprint density at radius 1 is 1.14 bits per heavy atom. The first-order chi connectivity index (χ1) is 10.0. The lowest BCUT2D eigenvalue weighted by Crippen LogP contribution is -2.13. The number of ketones is 1. The van der Waals surface area contributed by atoms with Gasteiger partial charge in [-0.15, -0.1) is 0 Å². The van der Waals surface area contributed by atoms with Crippen molar-refractivity contribution in [3.8, 4) is 11.5 Å². The van der Waals surface area contributed by atoms with E-state index in [1.165, 1.54) is 31.4 Å². The van der Waals surface area contributed by atoms with Gasteiger partial charge in [0.2, 0.25) is 5.78 Å². The van der Waals surface area contributed by atoms with E-state index < -0.39 is 24.0 Å². The third kappa shape index (κ3) is 3.78. The molecular weight excluding hydrogens is 346 g/mol. The summed E-state index contributed by atoms with van der Waals surface area (Å²) in [5.41, 5.74) is 0.0509. The zero-order chi connectivity index (χ0) is 15.4. The van der Waals surface area contributed by atoms with E-state index in [1.807, 2.05) is 0 Å². The van der Waals surface area contributed by atoms with E-state index in [9.17, 15) is 13.6 Å². The molecule has 0 unspecified atom stereocenters. The van der Waals surface area contributed by atoms with E-state index in [2.05, 4.69) is 15.9 Å². The molecule has 0 heterocycles. The number of hydrogen-bond donors (Lipinski definition) is 0. The maximum Gasteiger partial charge on any atom is 0.204 e. The summed E-state index contributed by atoms with van der Waals surface area (Å²) < 4.78 is 37.4. The topological polar surface area (TPSA) is 35.5 Å². The van der Waals surface area contributed by atoms with Crippen LogP contribution in [0.1, 0.15) is 10.4 Å². The minimum Gasteiger partial charge on any atom is -0.496 e. The van der Waals surface area contributed by atoms with Crippen LogP contribution >= 0.6 is 15.9 Å². The van der Waals surface area contributed by atoms with Crippen molar-refractivity contribution in [2.24, 2.45) is 0 Å². The van der Waals surface area contributed by atoms with Gasteiger partial charge in [0.25, 0.3) is 0 Å². The number of methoxy groups -OCH3 is 1. The third-order valence-corrected chi connectivity index (χ3v) is 3.21. The Balaban J connectivity index is 2.13. The Hall–Kier alpha value is -1.95. The summed E-state index contributed by atoms with van der Waals surface area (Å²) in [5, 5.41) is 0. The third-order valence-electron chi connectivity index (χ3n) is 2.71. The highest BCUT2D eigenvalue weighted by Crippen LogP contribution is 2.23. The second-order valence-electron chi connectivity index (χ2n) is 4.13. The summed E-state index contributed by atoms with van der Waals surface area (Å²) in [7, 11) is 1.37. The van der Waals surface area contributed by atoms with E-state index in [1.54, 1.807) is 6.07 Å². The Labute approximate surface area is 128 Å². The van der Waals surface area contributed by atoms with Gasteiger partial charge in [0.15, 0.2) is 18.2 Å². The van der Waals surface area contributed by atoms with Crippen molar-refractivity contribution in [3.63, 3.8) is 0 Å². The van der Waals surface area contributed by atoms with Crippen molar-refractivity contribution >= 4 is 21.7 Å². The molecule has 6 heteroatoms. The standard InChI is InChI=1S/C15H11BrF2O3/c1-20-14-5-3-10(17)7-11(14)13(19)8-21-15-4-2-9(16)6-12(15)18/h2-7H,8H2,1H3. The highest BCUT2D eigenvalue weighted by molar-refractivity contribution is 9.10. The van der Waals surface area contributed by atoms with Crippen LogP contribution in [0.5, 0.6) is 11.5 Å². The molecule has 2 aromatic rings. The number of ether oxygens (including phenoxy) is 2. The van der Waals surface area contributed by atoms with Gasteiger partial charge in [-0.1, -0.05) is 15.9 Å². The molecule has 0 atom stereocenters. The summed E-state index contributed by atoms with van der Waals surface area (Å²) in [6.45, 7) is -0.418. The van der Waals surface area contributed by atoms with Gasteiger partial charge < -0.3 is 9.47 Å². The molecule has 0 aromatic heterocycles. The SMILES string of the molecule is COc1ccc(F)cc1C(=O)COc1ccc(Br)cc1F. The highest BCUT2D eigenvalue weighted by Gasteiger charge is 2.15. The molecule has 0 aliphatic rings. The van der Waals surface area contributed by atoms with Crippen LogP contribution < -0.4 is 9.47 Å². The minimum atomic E-state index is -0.594. The van der Waals surface area contributed by atoms with E-state index in [-0.39, 0.29) is 17.1 Å². The smallest absolute Gasteiger partial charge is 0.204 e. The molecule has 2 aromatic carbocycles. The van der Waals surface area contributed by atoms with Gasteiger partial charge in [0, 0.05) is 4.47 Å². The number of carbonyl (C=O) groups excluding carboxylic acids is 1. The highest BCUT2D eigenvalue weighted by atomic mass is 79.9. The summed E-state index contributed by atoms with van der Waals surface area (Å²) in [6, 6.07) is 7.81. The predicted octanol–water partition coefficient (Wildman–Crippen LogP) is 4.00. The lowest BCUT2D eigenvalue weighted by molar-refractivity contribution is 0.0915. The number of benzene rings is 2. The van der Waals surface area contributed by atoms with Crippen LogP contribution in [0, 0.1) is 11.6 Å². The lowest BCUT2D eigenvalue weighted by Gasteiger charge is -2.09. The number of hydrogen-bond acceptors (Lipinski definition) is 3. The van der Waals surface area contributed by atoms with Crippen LogP contribution in [-0.4, -0.2) is 19.5 Å². The Morgan fingerprint density at radius 3 is 2.52 bits per heavy atom. The molecule has 0 N–H and O–H groups in total. The van der Waals surface area contributed by atoms with Crippen LogP contribution in [0.15, 0.2) is 40.9 Å². The van der Waals surface area contributed by atoms with Crippen LogP contribution in [0.25, 0.3) is 0 Å². The first-order valence-electron chi connectivity index (χ1n) is 5.96. The fourth-order valence-electron chi connectivity index (χ4n) is 1.71. The zero-order valence-electron chi connectivity index (χ0n) is 11.0. The van der Waals surface area contributed by atoms with Crippen molar-refractivity contribution in [1.29, 1.82) is 0 Å². The number of Topliss-reactive ketones (excluding diaryl/α,β-unsaturated/α-hetero) is 1. The van der Waals surface area contributed by atoms with Gasteiger partial charge in [-0.05, 0) is 36.4 Å². The number of halogens is 3. The van der Waals surface area contributed by atoms with Gasteiger partial charge in [-0.2, -0.15) is 0 Å². The summed E-state index contributed by atoms with van der Waals surface area (Å²) in [6.07, 6.45) is 0. The van der Waals surface area contributed by atoms with E-state index >= 15 is 0 Å². The molecule has 3 nitrogen and oxygen atoms in total. The molecule has 0 amide bonds. The second-order valence-corrected chi connectivity index (χ2v) is 5.05. The van der Waals surface area contributed by atoms with Gasteiger partial charge >= 0.3 is 0 Å². The Morgan fingerprint density at radius 2 is 1.86 bits per heavy atom. The molecule has 0 aliphatic carbocycles. The largest absolute Gasteiger partial charge is 0.496 e. The van der Waals surface area contributed by atoms with Crippen LogP contribution in [0.4, 0.5) is 8.78 Å². The predicted molar refractivity (Wildman–Crippen MR) is 76.9 cm³/mol. The van der Waals surface area contributed by atoms with Crippen molar-refractivity contribution in [2.45, 2.75) is 0 Å². The number of rotatable bonds is 5. The minimum absolute atomic E-state index is 0.0509. The maximum absolute atomic E-state index is 13.6. The van der Waals surface area contributed by atoms with Crippen LogP contribution in [0.2, 0.25) is 0 Å². The molecular formula is C15H11BrF2O3. The van der Waals surface area contributed by atoms with Crippen molar-refractivity contribution in [3.05, 3.63) is 58.1 Å². The zero-order valence-corrected chi connectivity index (χ0v) is 12.6. The van der Waals surface area contributed by atoms with Crippen molar-refractivity contribution < 1.29 is 23.0 Å². The average molecular weight is 357 g/mol. The van der Waals surface area contributed by atoms with Crippen LogP contribution in [-0.2, 0) is 0 Å². The molecule has 0 saturated carbocycles. The fraction of sp³-hybridized carbons (Fsp3) is 0.133. The summed E-state index contributed by atoms with van der Waals surface area (Å²) in [5.74, 6) is -1.48. The molecule has 0 aliphatic heterocycles. The average Bonchev–Trinajstić information content (AvgIpc) is 2.46. The first kappa shape index (κ1) is 15.4. The van der Waals surface area contributed by atoms with Gasteiger partial charge in [-0.25, -0.2) is 8.78 Å². The Kier molecular flexibility index (Phi) is 4.90. The lowest BCUT2D eigenvalue weighted by atomic mass is 10.1. The fourth-order valence-corrected chi connectivity index (χ4v) is 2.04.